The second kappa shape index (κ2) is 7.17. The van der Waals surface area contributed by atoms with Crippen molar-refractivity contribution in [2.75, 3.05) is 13.2 Å². The fourth-order valence-electron chi connectivity index (χ4n) is 2.22. The minimum atomic E-state index is -0.900. The SMILES string of the molecule is CCCCOC(COC(C)=O)N1C(=O)c2ccccc2C1=O. The first-order valence-corrected chi connectivity index (χ1v) is 7.28. The van der Waals surface area contributed by atoms with Crippen LogP contribution in [0, 0.1) is 0 Å². The highest BCUT2D eigenvalue weighted by atomic mass is 16.6. The molecule has 0 aliphatic carbocycles. The molecule has 22 heavy (non-hydrogen) atoms. The summed E-state index contributed by atoms with van der Waals surface area (Å²) in [7, 11) is 0. The average molecular weight is 305 g/mol. The first-order chi connectivity index (χ1) is 10.6. The lowest BCUT2D eigenvalue weighted by Crippen LogP contribution is -2.45. The molecule has 1 heterocycles. The van der Waals surface area contributed by atoms with E-state index in [9.17, 15) is 14.4 Å². The fraction of sp³-hybridized carbons (Fsp3) is 0.438. The Labute approximate surface area is 129 Å². The Hall–Kier alpha value is -2.21. The van der Waals surface area contributed by atoms with Crippen molar-refractivity contribution >= 4 is 17.8 Å². The van der Waals surface area contributed by atoms with Crippen LogP contribution >= 0.6 is 0 Å². The smallest absolute Gasteiger partial charge is 0.302 e. The van der Waals surface area contributed by atoms with Crippen molar-refractivity contribution in [2.24, 2.45) is 0 Å². The van der Waals surface area contributed by atoms with E-state index < -0.39 is 24.0 Å². The Morgan fingerprint density at radius 3 is 2.27 bits per heavy atom. The van der Waals surface area contributed by atoms with Gasteiger partial charge in [-0.3, -0.25) is 14.4 Å². The normalized spacial score (nSPS) is 14.9. The van der Waals surface area contributed by atoms with Crippen LogP contribution in [0.15, 0.2) is 24.3 Å². The van der Waals surface area contributed by atoms with E-state index in [-0.39, 0.29) is 6.61 Å². The number of unbranched alkanes of at least 4 members (excludes halogenated alkanes) is 1. The maximum atomic E-state index is 12.4. The molecule has 0 bridgehead atoms. The van der Waals surface area contributed by atoms with Crippen molar-refractivity contribution in [1.29, 1.82) is 0 Å². The standard InChI is InChI=1S/C16H19NO5/c1-3-4-9-21-14(10-22-11(2)18)17-15(19)12-7-5-6-8-13(12)16(17)20/h5-8,14H,3-4,9-10H2,1-2H3. The van der Waals surface area contributed by atoms with Crippen molar-refractivity contribution in [1.82, 2.24) is 4.90 Å². The third kappa shape index (κ3) is 3.33. The Kier molecular flexibility index (Phi) is 5.27. The summed E-state index contributed by atoms with van der Waals surface area (Å²) in [6, 6.07) is 6.61. The minimum absolute atomic E-state index is 0.162. The summed E-state index contributed by atoms with van der Waals surface area (Å²) in [5.41, 5.74) is 0.693. The number of hydrogen-bond donors (Lipinski definition) is 0. The number of carbonyl (C=O) groups is 3. The molecule has 0 radical (unpaired) electrons. The summed E-state index contributed by atoms with van der Waals surface area (Å²) < 4.78 is 10.5. The van der Waals surface area contributed by atoms with Crippen molar-refractivity contribution in [3.8, 4) is 0 Å². The van der Waals surface area contributed by atoms with Gasteiger partial charge in [0.25, 0.3) is 11.8 Å². The molecule has 0 fully saturated rings. The van der Waals surface area contributed by atoms with Gasteiger partial charge in [0, 0.05) is 13.5 Å². The Balaban J connectivity index is 2.18. The van der Waals surface area contributed by atoms with Crippen LogP contribution in [-0.4, -0.2) is 42.1 Å². The van der Waals surface area contributed by atoms with Gasteiger partial charge in [-0.05, 0) is 18.6 Å². The summed E-state index contributed by atoms with van der Waals surface area (Å²) in [5.74, 6) is -1.33. The van der Waals surface area contributed by atoms with Crippen LogP contribution < -0.4 is 0 Å². The van der Waals surface area contributed by atoms with Crippen LogP contribution in [0.4, 0.5) is 0 Å². The monoisotopic (exact) mass is 305 g/mol. The topological polar surface area (TPSA) is 72.9 Å². The molecule has 1 aliphatic heterocycles. The van der Waals surface area contributed by atoms with Gasteiger partial charge in [-0.25, -0.2) is 4.90 Å². The van der Waals surface area contributed by atoms with Crippen LogP contribution in [0.3, 0.4) is 0 Å². The molecule has 1 atom stereocenters. The first kappa shape index (κ1) is 16.2. The quantitative estimate of drug-likeness (QED) is 0.437. The number of carbonyl (C=O) groups excluding carboxylic acids is 3. The predicted molar refractivity (Wildman–Crippen MR) is 78.2 cm³/mol. The molecule has 6 heteroatoms. The molecule has 1 unspecified atom stereocenters. The lowest BCUT2D eigenvalue weighted by atomic mass is 10.1. The van der Waals surface area contributed by atoms with Gasteiger partial charge in [0.15, 0.2) is 6.23 Å². The molecule has 0 spiro atoms. The van der Waals surface area contributed by atoms with Gasteiger partial charge >= 0.3 is 5.97 Å². The van der Waals surface area contributed by atoms with E-state index in [1.165, 1.54) is 6.92 Å². The van der Waals surface area contributed by atoms with E-state index >= 15 is 0 Å². The average Bonchev–Trinajstić information content (AvgIpc) is 2.75. The van der Waals surface area contributed by atoms with Crippen LogP contribution in [0.25, 0.3) is 0 Å². The van der Waals surface area contributed by atoms with Crippen molar-refractivity contribution < 1.29 is 23.9 Å². The number of ether oxygens (including phenoxy) is 2. The maximum Gasteiger partial charge on any atom is 0.302 e. The van der Waals surface area contributed by atoms with Gasteiger partial charge < -0.3 is 9.47 Å². The molecule has 0 aromatic heterocycles. The molecule has 2 amide bonds. The highest BCUT2D eigenvalue weighted by Gasteiger charge is 2.40. The van der Waals surface area contributed by atoms with E-state index in [0.717, 1.165) is 17.7 Å². The van der Waals surface area contributed by atoms with Gasteiger partial charge in [0.05, 0.1) is 11.1 Å². The van der Waals surface area contributed by atoms with E-state index in [1.54, 1.807) is 24.3 Å². The zero-order chi connectivity index (χ0) is 16.1. The Morgan fingerprint density at radius 2 is 1.77 bits per heavy atom. The third-order valence-electron chi connectivity index (χ3n) is 3.35. The van der Waals surface area contributed by atoms with Crippen molar-refractivity contribution in [3.63, 3.8) is 0 Å². The second-order valence-corrected chi connectivity index (χ2v) is 5.01. The van der Waals surface area contributed by atoms with Crippen molar-refractivity contribution in [2.45, 2.75) is 32.9 Å². The zero-order valence-electron chi connectivity index (χ0n) is 12.7. The molecule has 2 rings (SSSR count). The van der Waals surface area contributed by atoms with E-state index in [1.807, 2.05) is 6.92 Å². The summed E-state index contributed by atoms with van der Waals surface area (Å²) in [6.45, 7) is 3.50. The molecule has 0 saturated heterocycles. The van der Waals surface area contributed by atoms with Crippen LogP contribution in [0.2, 0.25) is 0 Å². The summed E-state index contributed by atoms with van der Waals surface area (Å²) in [6.07, 6.45) is 0.810. The predicted octanol–water partition coefficient (Wildman–Crippen LogP) is 1.99. The zero-order valence-corrected chi connectivity index (χ0v) is 12.7. The molecular weight excluding hydrogens is 286 g/mol. The highest BCUT2D eigenvalue weighted by Crippen LogP contribution is 2.25. The molecule has 1 aromatic rings. The number of benzene rings is 1. The number of rotatable bonds is 7. The number of hydrogen-bond acceptors (Lipinski definition) is 5. The van der Waals surface area contributed by atoms with Crippen molar-refractivity contribution in [3.05, 3.63) is 35.4 Å². The highest BCUT2D eigenvalue weighted by molar-refractivity contribution is 6.21. The molecule has 6 nitrogen and oxygen atoms in total. The van der Waals surface area contributed by atoms with E-state index in [2.05, 4.69) is 0 Å². The first-order valence-electron chi connectivity index (χ1n) is 7.28. The Bertz CT molecular complexity index is 549. The van der Waals surface area contributed by atoms with Crippen LogP contribution in [0.5, 0.6) is 0 Å². The van der Waals surface area contributed by atoms with Gasteiger partial charge in [0.1, 0.15) is 6.61 Å². The molecule has 0 N–H and O–H groups in total. The van der Waals surface area contributed by atoms with Gasteiger partial charge in [-0.2, -0.15) is 0 Å². The van der Waals surface area contributed by atoms with Crippen LogP contribution in [0.1, 0.15) is 47.4 Å². The van der Waals surface area contributed by atoms with Gasteiger partial charge in [0.2, 0.25) is 0 Å². The molecule has 118 valence electrons. The number of fused-ring (bicyclic) bond motifs is 1. The van der Waals surface area contributed by atoms with Gasteiger partial charge in [-0.15, -0.1) is 0 Å². The molecular formula is C16H19NO5. The van der Waals surface area contributed by atoms with E-state index in [0.29, 0.717) is 17.7 Å². The lowest BCUT2D eigenvalue weighted by molar-refractivity contribution is -0.149. The molecule has 1 aliphatic rings. The molecule has 1 aromatic carbocycles. The third-order valence-corrected chi connectivity index (χ3v) is 3.35. The number of esters is 1. The number of nitrogens with zero attached hydrogens (tertiary/aromatic N) is 1. The lowest BCUT2D eigenvalue weighted by Gasteiger charge is -2.25. The maximum absolute atomic E-state index is 12.4. The summed E-state index contributed by atoms with van der Waals surface area (Å²) in [5, 5.41) is 0. The van der Waals surface area contributed by atoms with E-state index in [4.69, 9.17) is 9.47 Å². The summed E-state index contributed by atoms with van der Waals surface area (Å²) >= 11 is 0. The minimum Gasteiger partial charge on any atom is -0.461 e. The number of amides is 2. The van der Waals surface area contributed by atoms with Crippen LogP contribution in [-0.2, 0) is 14.3 Å². The largest absolute Gasteiger partial charge is 0.461 e. The number of imide groups is 1. The Morgan fingerprint density at radius 1 is 1.18 bits per heavy atom. The molecule has 0 saturated carbocycles. The summed E-state index contributed by atoms with van der Waals surface area (Å²) in [4.78, 5) is 36.9. The second-order valence-electron chi connectivity index (χ2n) is 5.01. The van der Waals surface area contributed by atoms with Gasteiger partial charge in [-0.1, -0.05) is 25.5 Å². The fourth-order valence-corrected chi connectivity index (χ4v) is 2.22.